The summed E-state index contributed by atoms with van der Waals surface area (Å²) in [7, 11) is 0. The maximum absolute atomic E-state index is 14.4. The maximum Gasteiger partial charge on any atom is 0.411 e. The number of halogens is 4. The van der Waals surface area contributed by atoms with E-state index < -0.39 is 73.2 Å². The summed E-state index contributed by atoms with van der Waals surface area (Å²) in [5, 5.41) is 0. The van der Waals surface area contributed by atoms with E-state index in [4.69, 9.17) is 9.47 Å². The Morgan fingerprint density at radius 2 is 1.02 bits per heavy atom. The van der Waals surface area contributed by atoms with Gasteiger partial charge in [0.25, 0.3) is 11.8 Å². The average Bonchev–Trinajstić information content (AvgIpc) is 3.84. The zero-order valence-corrected chi connectivity index (χ0v) is 29.7. The summed E-state index contributed by atoms with van der Waals surface area (Å²) < 4.78 is 68.3. The van der Waals surface area contributed by atoms with Gasteiger partial charge in [-0.2, -0.15) is 0 Å². The van der Waals surface area contributed by atoms with Crippen molar-refractivity contribution in [2.24, 2.45) is 0 Å². The number of H-pyrrole nitrogens is 2. The summed E-state index contributed by atoms with van der Waals surface area (Å²) in [4.78, 5) is 42.3. The Morgan fingerprint density at radius 3 is 1.35 bits per heavy atom. The lowest BCUT2D eigenvalue weighted by Gasteiger charge is -2.27. The van der Waals surface area contributed by atoms with Crippen LogP contribution in [0.3, 0.4) is 0 Å². The number of likely N-dealkylation sites (tertiary alicyclic amines) is 2. The predicted octanol–water partition coefficient (Wildman–Crippen LogP) is 8.50. The molecule has 2 aromatic heterocycles. The molecule has 4 heterocycles. The number of aromatic amines is 2. The largest absolute Gasteiger partial charge is 0.444 e. The first-order chi connectivity index (χ1) is 24.2. The molecule has 14 heteroatoms. The molecule has 274 valence electrons. The van der Waals surface area contributed by atoms with E-state index in [1.807, 2.05) is 48.5 Å². The number of carbonyl (C=O) groups is 2. The number of amides is 2. The van der Waals surface area contributed by atoms with Crippen LogP contribution in [0.2, 0.25) is 0 Å². The van der Waals surface area contributed by atoms with Crippen LogP contribution in [0.25, 0.3) is 22.5 Å². The third kappa shape index (κ3) is 8.58. The lowest BCUT2D eigenvalue weighted by atomic mass is 10.1. The highest BCUT2D eigenvalue weighted by molar-refractivity contribution is 5.70. The number of imidazole rings is 2. The molecule has 2 atom stereocenters. The second kappa shape index (κ2) is 13.3. The van der Waals surface area contributed by atoms with Crippen molar-refractivity contribution in [3.8, 4) is 34.4 Å². The van der Waals surface area contributed by atoms with Crippen LogP contribution in [0.5, 0.6) is 0 Å². The van der Waals surface area contributed by atoms with E-state index in [1.54, 1.807) is 53.9 Å². The van der Waals surface area contributed by atoms with E-state index in [9.17, 15) is 27.2 Å². The first-order valence-corrected chi connectivity index (χ1v) is 16.8. The summed E-state index contributed by atoms with van der Waals surface area (Å²) in [5.41, 5.74) is 2.54. The Balaban J connectivity index is 1.10. The van der Waals surface area contributed by atoms with Gasteiger partial charge < -0.3 is 19.4 Å². The molecule has 0 spiro atoms. The molecule has 0 bridgehead atoms. The molecule has 6 rings (SSSR count). The molecule has 52 heavy (non-hydrogen) atoms. The van der Waals surface area contributed by atoms with E-state index in [1.165, 1.54) is 0 Å². The van der Waals surface area contributed by atoms with Gasteiger partial charge in [-0.3, -0.25) is 9.80 Å². The van der Waals surface area contributed by atoms with Crippen LogP contribution < -0.4 is 0 Å². The molecule has 2 unspecified atom stereocenters. The van der Waals surface area contributed by atoms with Crippen molar-refractivity contribution in [3.05, 3.63) is 83.7 Å². The van der Waals surface area contributed by atoms with E-state index in [0.717, 1.165) is 32.1 Å². The molecule has 0 saturated carbocycles. The van der Waals surface area contributed by atoms with Gasteiger partial charge in [0.2, 0.25) is 0 Å². The Kier molecular flexibility index (Phi) is 9.36. The molecule has 2 aromatic carbocycles. The standard InChI is InChI=1S/C38H40F4N6O4/c1-35(2,3)51-33(49)47-21-37(39,40)17-29(47)31-43-19-27(45-31)25-13-9-23(10-14-25)7-8-24-11-15-26(16-12-24)28-20-44-32(46-28)30-18-38(41,42)22-48(30)34(50)52-36(4,5)6/h9-16,19-20,29-30H,17-18,21-22H2,1-6H3,(H,43,45)(H,44,46). The first kappa shape index (κ1) is 36.5. The third-order valence-corrected chi connectivity index (χ3v) is 8.36. The Labute approximate surface area is 298 Å². The summed E-state index contributed by atoms with van der Waals surface area (Å²) in [6, 6.07) is 12.7. The number of hydrogen-bond donors (Lipinski definition) is 2. The van der Waals surface area contributed by atoms with Crippen LogP contribution in [0.4, 0.5) is 27.2 Å². The van der Waals surface area contributed by atoms with Gasteiger partial charge in [-0.25, -0.2) is 37.1 Å². The molecular weight excluding hydrogens is 680 g/mol. The van der Waals surface area contributed by atoms with Crippen molar-refractivity contribution < 1.29 is 36.6 Å². The number of carbonyl (C=O) groups excluding carboxylic acids is 2. The minimum Gasteiger partial charge on any atom is -0.444 e. The number of rotatable bonds is 4. The van der Waals surface area contributed by atoms with Crippen LogP contribution in [-0.2, 0) is 9.47 Å². The first-order valence-electron chi connectivity index (χ1n) is 16.8. The van der Waals surface area contributed by atoms with Crippen LogP contribution in [0.15, 0.2) is 60.9 Å². The molecular formula is C38H40F4N6O4. The second-order valence-corrected chi connectivity index (χ2v) is 15.1. The Morgan fingerprint density at radius 1 is 0.673 bits per heavy atom. The van der Waals surface area contributed by atoms with Crippen LogP contribution >= 0.6 is 0 Å². The second-order valence-electron chi connectivity index (χ2n) is 15.1. The SMILES string of the molecule is CC(C)(C)OC(=O)N1CC(F)(F)CC1c1ncc(-c2ccc(C#Cc3ccc(-c4cnc(C5CC(F)(F)CN5C(=O)OC(C)(C)C)[nH]4)cc3)cc2)[nH]1. The molecule has 2 aliphatic heterocycles. The number of aromatic nitrogens is 4. The number of alkyl halides is 4. The number of nitrogens with one attached hydrogen (secondary N) is 2. The van der Waals surface area contributed by atoms with Crippen LogP contribution in [0, 0.1) is 11.8 Å². The highest BCUT2D eigenvalue weighted by atomic mass is 19.3. The van der Waals surface area contributed by atoms with E-state index in [-0.39, 0.29) is 11.6 Å². The fourth-order valence-corrected chi connectivity index (χ4v) is 6.06. The van der Waals surface area contributed by atoms with Gasteiger partial charge in [-0.15, -0.1) is 0 Å². The van der Waals surface area contributed by atoms with Crippen LogP contribution in [-0.4, -0.2) is 78.1 Å². The zero-order valence-electron chi connectivity index (χ0n) is 29.7. The fourth-order valence-electron chi connectivity index (χ4n) is 6.06. The summed E-state index contributed by atoms with van der Waals surface area (Å²) in [6.45, 7) is 8.58. The van der Waals surface area contributed by atoms with Crippen molar-refractivity contribution >= 4 is 12.2 Å². The summed E-state index contributed by atoms with van der Waals surface area (Å²) in [5.74, 6) is 0.600. The van der Waals surface area contributed by atoms with Gasteiger partial charge in [-0.1, -0.05) is 36.1 Å². The molecule has 10 nitrogen and oxygen atoms in total. The van der Waals surface area contributed by atoms with Gasteiger partial charge >= 0.3 is 12.2 Å². The smallest absolute Gasteiger partial charge is 0.411 e. The monoisotopic (exact) mass is 720 g/mol. The van der Waals surface area contributed by atoms with Crippen molar-refractivity contribution in [1.82, 2.24) is 29.7 Å². The van der Waals surface area contributed by atoms with Crippen molar-refractivity contribution in [3.63, 3.8) is 0 Å². The topological polar surface area (TPSA) is 116 Å². The van der Waals surface area contributed by atoms with Gasteiger partial charge in [0.1, 0.15) is 22.9 Å². The van der Waals surface area contributed by atoms with Crippen molar-refractivity contribution in [1.29, 1.82) is 0 Å². The highest BCUT2D eigenvalue weighted by Gasteiger charge is 2.51. The lowest BCUT2D eigenvalue weighted by Crippen LogP contribution is -2.38. The molecule has 2 saturated heterocycles. The third-order valence-electron chi connectivity index (χ3n) is 8.36. The number of nitrogens with zero attached hydrogens (tertiary/aromatic N) is 4. The zero-order chi connectivity index (χ0) is 37.6. The Bertz CT molecular complexity index is 1860. The quantitative estimate of drug-likeness (QED) is 0.161. The summed E-state index contributed by atoms with van der Waals surface area (Å²) >= 11 is 0. The van der Waals surface area contributed by atoms with Crippen molar-refractivity contribution in [2.45, 2.75) is 89.5 Å². The molecule has 2 amide bonds. The molecule has 0 radical (unpaired) electrons. The van der Waals surface area contributed by atoms with Gasteiger partial charge in [0.15, 0.2) is 0 Å². The van der Waals surface area contributed by atoms with Crippen LogP contribution in [0.1, 0.15) is 89.2 Å². The minimum absolute atomic E-state index is 0.250. The normalized spacial score (nSPS) is 19.7. The van der Waals surface area contributed by atoms with Gasteiger partial charge in [0, 0.05) is 24.0 Å². The lowest BCUT2D eigenvalue weighted by molar-refractivity contribution is -0.00248. The van der Waals surface area contributed by atoms with E-state index in [2.05, 4.69) is 31.8 Å². The highest BCUT2D eigenvalue weighted by Crippen LogP contribution is 2.42. The molecule has 4 aromatic rings. The summed E-state index contributed by atoms with van der Waals surface area (Å²) in [6.07, 6.45) is 0.335. The van der Waals surface area contributed by atoms with Gasteiger partial charge in [-0.05, 0) is 76.9 Å². The molecule has 2 fully saturated rings. The molecule has 0 aliphatic carbocycles. The van der Waals surface area contributed by atoms with Crippen molar-refractivity contribution in [2.75, 3.05) is 13.1 Å². The van der Waals surface area contributed by atoms with Gasteiger partial charge in [0.05, 0.1) is 49.0 Å². The molecule has 2 N–H and O–H groups in total. The fraction of sp³-hybridized carbons (Fsp3) is 0.421. The Hall–Kier alpha value is -5.32. The molecule has 2 aliphatic rings. The van der Waals surface area contributed by atoms with E-state index >= 15 is 0 Å². The predicted molar refractivity (Wildman–Crippen MR) is 185 cm³/mol. The van der Waals surface area contributed by atoms with E-state index in [0.29, 0.717) is 11.4 Å². The maximum atomic E-state index is 14.4. The number of hydrogen-bond acceptors (Lipinski definition) is 6. The minimum atomic E-state index is -3.07. The number of ether oxygens (including phenoxy) is 2. The average molecular weight is 721 g/mol. The number of benzene rings is 2.